The molecule has 0 radical (unpaired) electrons. The van der Waals surface area contributed by atoms with E-state index < -0.39 is 6.09 Å². The third kappa shape index (κ3) is 6.09. The van der Waals surface area contributed by atoms with Gasteiger partial charge < -0.3 is 15.0 Å². The second-order valence-electron chi connectivity index (χ2n) is 7.81. The van der Waals surface area contributed by atoms with Gasteiger partial charge in [-0.25, -0.2) is 4.79 Å². The van der Waals surface area contributed by atoms with Crippen LogP contribution >= 0.6 is 0 Å². The molecule has 0 bridgehead atoms. The number of carbonyl (C=O) groups excluding carboxylic acids is 2. The van der Waals surface area contributed by atoms with Crippen molar-refractivity contribution in [3.63, 3.8) is 0 Å². The average Bonchev–Trinajstić information content (AvgIpc) is 3.27. The fourth-order valence-corrected chi connectivity index (χ4v) is 4.30. The molecule has 5 heteroatoms. The van der Waals surface area contributed by atoms with Crippen molar-refractivity contribution in [3.8, 4) is 0 Å². The van der Waals surface area contributed by atoms with E-state index in [-0.39, 0.29) is 18.6 Å². The normalized spacial score (nSPS) is 16.8. The van der Waals surface area contributed by atoms with Gasteiger partial charge in [0.25, 0.3) is 0 Å². The lowest BCUT2D eigenvalue weighted by Gasteiger charge is -2.32. The number of benzene rings is 2. The fourth-order valence-electron chi connectivity index (χ4n) is 4.30. The molecule has 1 aliphatic heterocycles. The molecule has 3 rings (SSSR count). The molecule has 1 saturated heterocycles. The van der Waals surface area contributed by atoms with Crippen LogP contribution in [0.2, 0.25) is 0 Å². The first kappa shape index (κ1) is 21.9. The zero-order valence-electron chi connectivity index (χ0n) is 17.8. The summed E-state index contributed by atoms with van der Waals surface area (Å²) in [6.07, 6.45) is 3.76. The Kier molecular flexibility index (Phi) is 8.30. The van der Waals surface area contributed by atoms with Crippen LogP contribution < -0.4 is 5.32 Å². The number of rotatable bonds is 9. The number of carbonyl (C=O) groups is 2. The van der Waals surface area contributed by atoms with Crippen LogP contribution in [0.25, 0.3) is 0 Å². The Labute approximate surface area is 179 Å². The maximum absolute atomic E-state index is 12.8. The third-order valence-electron chi connectivity index (χ3n) is 5.80. The predicted molar refractivity (Wildman–Crippen MR) is 118 cm³/mol. The van der Waals surface area contributed by atoms with Gasteiger partial charge in [0, 0.05) is 31.5 Å². The van der Waals surface area contributed by atoms with E-state index in [4.69, 9.17) is 4.74 Å². The van der Waals surface area contributed by atoms with Gasteiger partial charge in [0.15, 0.2) is 0 Å². The van der Waals surface area contributed by atoms with E-state index in [1.807, 2.05) is 36.4 Å². The first-order valence-electron chi connectivity index (χ1n) is 11.0. The van der Waals surface area contributed by atoms with E-state index in [9.17, 15) is 9.59 Å². The molecule has 0 saturated carbocycles. The van der Waals surface area contributed by atoms with Crippen LogP contribution in [0.1, 0.15) is 56.1 Å². The summed E-state index contributed by atoms with van der Waals surface area (Å²) >= 11 is 0. The SMILES string of the molecule is CC[C@H](c1ccccc1)[C@@H]1CCCN1C(=O)CCCNC(=O)OCc1ccccc1. The predicted octanol–water partition coefficient (Wildman–Crippen LogP) is 4.88. The fraction of sp³-hybridized carbons (Fsp3) is 0.440. The van der Waals surface area contributed by atoms with E-state index in [0.717, 1.165) is 31.4 Å². The molecule has 0 unspecified atom stereocenters. The summed E-state index contributed by atoms with van der Waals surface area (Å²) in [6.45, 7) is 3.72. The van der Waals surface area contributed by atoms with Gasteiger partial charge in [0.05, 0.1) is 0 Å². The molecule has 2 aromatic rings. The van der Waals surface area contributed by atoms with Gasteiger partial charge in [-0.2, -0.15) is 0 Å². The minimum atomic E-state index is -0.444. The van der Waals surface area contributed by atoms with Gasteiger partial charge in [0.2, 0.25) is 5.91 Å². The molecule has 2 aromatic carbocycles. The Hall–Kier alpha value is -2.82. The highest BCUT2D eigenvalue weighted by Gasteiger charge is 2.34. The number of likely N-dealkylation sites (tertiary alicyclic amines) is 1. The van der Waals surface area contributed by atoms with Crippen molar-refractivity contribution < 1.29 is 14.3 Å². The van der Waals surface area contributed by atoms with Gasteiger partial charge in [-0.15, -0.1) is 0 Å². The minimum absolute atomic E-state index is 0.186. The molecule has 2 amide bonds. The highest BCUT2D eigenvalue weighted by molar-refractivity contribution is 5.77. The van der Waals surface area contributed by atoms with Crippen LogP contribution in [0.4, 0.5) is 4.79 Å². The highest BCUT2D eigenvalue weighted by atomic mass is 16.5. The second kappa shape index (κ2) is 11.4. The lowest BCUT2D eigenvalue weighted by molar-refractivity contribution is -0.132. The van der Waals surface area contributed by atoms with Crippen LogP contribution in [-0.2, 0) is 16.1 Å². The molecule has 2 atom stereocenters. The van der Waals surface area contributed by atoms with E-state index in [1.165, 1.54) is 5.56 Å². The van der Waals surface area contributed by atoms with Crippen LogP contribution in [0.15, 0.2) is 60.7 Å². The van der Waals surface area contributed by atoms with Crippen LogP contribution in [0.5, 0.6) is 0 Å². The van der Waals surface area contributed by atoms with Crippen LogP contribution in [0.3, 0.4) is 0 Å². The first-order valence-corrected chi connectivity index (χ1v) is 11.0. The lowest BCUT2D eigenvalue weighted by atomic mass is 9.87. The smallest absolute Gasteiger partial charge is 0.407 e. The van der Waals surface area contributed by atoms with Crippen molar-refractivity contribution in [1.82, 2.24) is 10.2 Å². The van der Waals surface area contributed by atoms with E-state index in [1.54, 1.807) is 0 Å². The Morgan fingerprint density at radius 2 is 1.80 bits per heavy atom. The van der Waals surface area contributed by atoms with Crippen molar-refractivity contribution in [2.45, 2.75) is 57.6 Å². The Morgan fingerprint density at radius 3 is 2.50 bits per heavy atom. The van der Waals surface area contributed by atoms with Crippen molar-refractivity contribution in [3.05, 3.63) is 71.8 Å². The largest absolute Gasteiger partial charge is 0.445 e. The highest BCUT2D eigenvalue weighted by Crippen LogP contribution is 2.33. The molecule has 160 valence electrons. The molecule has 1 fully saturated rings. The van der Waals surface area contributed by atoms with E-state index in [2.05, 4.69) is 41.4 Å². The summed E-state index contributed by atoms with van der Waals surface area (Å²) < 4.78 is 5.20. The Bertz CT molecular complexity index is 795. The van der Waals surface area contributed by atoms with Gasteiger partial charge in [-0.3, -0.25) is 4.79 Å². The van der Waals surface area contributed by atoms with Crippen molar-refractivity contribution in [2.75, 3.05) is 13.1 Å². The van der Waals surface area contributed by atoms with Crippen molar-refractivity contribution in [1.29, 1.82) is 0 Å². The quantitative estimate of drug-likeness (QED) is 0.602. The average molecular weight is 409 g/mol. The number of hydrogen-bond donors (Lipinski definition) is 1. The molecule has 5 nitrogen and oxygen atoms in total. The zero-order chi connectivity index (χ0) is 21.2. The summed E-state index contributed by atoms with van der Waals surface area (Å²) in [7, 11) is 0. The zero-order valence-corrected chi connectivity index (χ0v) is 17.8. The van der Waals surface area contributed by atoms with Crippen LogP contribution in [-0.4, -0.2) is 36.0 Å². The summed E-state index contributed by atoms with van der Waals surface area (Å²) in [5.41, 5.74) is 2.26. The van der Waals surface area contributed by atoms with Crippen molar-refractivity contribution >= 4 is 12.0 Å². The molecular weight excluding hydrogens is 376 g/mol. The molecule has 1 N–H and O–H groups in total. The number of hydrogen-bond acceptors (Lipinski definition) is 3. The van der Waals surface area contributed by atoms with Gasteiger partial charge >= 0.3 is 6.09 Å². The van der Waals surface area contributed by atoms with Crippen molar-refractivity contribution in [2.24, 2.45) is 0 Å². The molecule has 1 aliphatic rings. The summed E-state index contributed by atoms with van der Waals surface area (Å²) in [5.74, 6) is 0.565. The summed E-state index contributed by atoms with van der Waals surface area (Å²) in [4.78, 5) is 26.7. The molecule has 0 aromatic heterocycles. The Balaban J connectivity index is 1.41. The monoisotopic (exact) mass is 408 g/mol. The van der Waals surface area contributed by atoms with Gasteiger partial charge in [-0.1, -0.05) is 67.6 Å². The second-order valence-corrected chi connectivity index (χ2v) is 7.81. The number of nitrogens with one attached hydrogen (secondary N) is 1. The third-order valence-corrected chi connectivity index (χ3v) is 5.80. The van der Waals surface area contributed by atoms with Gasteiger partial charge in [-0.05, 0) is 36.8 Å². The number of alkyl carbamates (subject to hydrolysis) is 1. The maximum atomic E-state index is 12.8. The topological polar surface area (TPSA) is 58.6 Å². The number of nitrogens with zero attached hydrogens (tertiary/aromatic N) is 1. The van der Waals surface area contributed by atoms with Gasteiger partial charge in [0.1, 0.15) is 6.61 Å². The van der Waals surface area contributed by atoms with E-state index >= 15 is 0 Å². The summed E-state index contributed by atoms with van der Waals surface area (Å²) in [5, 5.41) is 2.74. The molecule has 0 spiro atoms. The maximum Gasteiger partial charge on any atom is 0.407 e. The number of ether oxygens (including phenoxy) is 1. The molecule has 30 heavy (non-hydrogen) atoms. The first-order chi connectivity index (χ1) is 14.7. The lowest BCUT2D eigenvalue weighted by Crippen LogP contribution is -2.39. The molecule has 0 aliphatic carbocycles. The van der Waals surface area contributed by atoms with E-state index in [0.29, 0.717) is 25.3 Å². The molecule has 1 heterocycles. The number of amides is 2. The Morgan fingerprint density at radius 1 is 1.10 bits per heavy atom. The minimum Gasteiger partial charge on any atom is -0.445 e. The standard InChI is InChI=1S/C25H32N2O3/c1-2-22(21-13-7-4-8-14-21)23-15-10-18-27(23)24(28)16-9-17-26-25(29)30-19-20-11-5-3-6-12-20/h3-8,11-14,22-23H,2,9-10,15-19H2,1H3,(H,26,29)/t22-,23+/m1/s1. The summed E-state index contributed by atoms with van der Waals surface area (Å²) in [6, 6.07) is 20.4. The van der Waals surface area contributed by atoms with Crippen LogP contribution in [0, 0.1) is 0 Å². The molecular formula is C25H32N2O3.